The van der Waals surface area contributed by atoms with Crippen molar-refractivity contribution in [2.45, 2.75) is 13.8 Å². The van der Waals surface area contributed by atoms with Crippen molar-refractivity contribution in [3.63, 3.8) is 0 Å². The number of hydrogen-bond donors (Lipinski definition) is 1. The van der Waals surface area contributed by atoms with Crippen molar-refractivity contribution in [1.29, 1.82) is 0 Å². The Morgan fingerprint density at radius 2 is 1.78 bits per heavy atom. The van der Waals surface area contributed by atoms with Crippen LogP contribution in [-0.2, 0) is 0 Å². The van der Waals surface area contributed by atoms with Crippen LogP contribution in [0.4, 0.5) is 17.1 Å². The molecule has 0 atom stereocenters. The van der Waals surface area contributed by atoms with E-state index in [0.29, 0.717) is 5.69 Å². The molecular weight excluding hydrogens is 224 g/mol. The fourth-order valence-corrected chi connectivity index (χ4v) is 1.69. The van der Waals surface area contributed by atoms with Crippen LogP contribution in [0.2, 0.25) is 0 Å². The summed E-state index contributed by atoms with van der Waals surface area (Å²) in [6.07, 6.45) is 0. The quantitative estimate of drug-likeness (QED) is 0.457. The molecule has 0 radical (unpaired) electrons. The van der Waals surface area contributed by atoms with Crippen molar-refractivity contribution in [2.24, 2.45) is 5.11 Å². The lowest BCUT2D eigenvalue weighted by atomic mass is 10.1. The van der Waals surface area contributed by atoms with Crippen LogP contribution in [-0.4, -0.2) is 0 Å². The first-order valence-corrected chi connectivity index (χ1v) is 5.68. The molecule has 0 fully saturated rings. The van der Waals surface area contributed by atoms with Crippen LogP contribution in [0, 0.1) is 13.8 Å². The molecule has 1 N–H and O–H groups in total. The summed E-state index contributed by atoms with van der Waals surface area (Å²) in [4.78, 5) is 2.77. The number of aryl methyl sites for hydroxylation is 2. The first-order valence-electron chi connectivity index (χ1n) is 5.68. The summed E-state index contributed by atoms with van der Waals surface area (Å²) in [7, 11) is 0. The molecule has 2 rings (SSSR count). The zero-order valence-corrected chi connectivity index (χ0v) is 10.4. The van der Waals surface area contributed by atoms with Crippen molar-refractivity contribution in [2.75, 3.05) is 5.32 Å². The van der Waals surface area contributed by atoms with E-state index in [1.54, 1.807) is 6.07 Å². The second kappa shape index (κ2) is 5.25. The second-order valence-electron chi connectivity index (χ2n) is 4.18. The van der Waals surface area contributed by atoms with Crippen LogP contribution in [0.1, 0.15) is 11.1 Å². The monoisotopic (exact) mass is 238 g/mol. The molecule has 0 amide bonds. The summed E-state index contributed by atoms with van der Waals surface area (Å²) in [5.74, 6) is 0. The molecule has 0 bridgehead atoms. The summed E-state index contributed by atoms with van der Waals surface area (Å²) in [6.45, 7) is 4.04. The van der Waals surface area contributed by atoms with E-state index >= 15 is 0 Å². The zero-order chi connectivity index (χ0) is 13.0. The molecule has 0 aliphatic carbocycles. The Bertz CT molecular complexity index is 596. The highest BCUT2D eigenvalue weighted by atomic mass is 15.1. The highest BCUT2D eigenvalue weighted by Gasteiger charge is 2.00. The Morgan fingerprint density at radius 1 is 1.06 bits per heavy atom. The van der Waals surface area contributed by atoms with Crippen LogP contribution in [0.3, 0.4) is 0 Å². The maximum Gasteiger partial charge on any atom is 0.0414 e. The molecule has 0 aliphatic rings. The maximum absolute atomic E-state index is 8.38. The molecule has 0 saturated heterocycles. The normalized spacial score (nSPS) is 9.67. The topological polar surface area (TPSA) is 60.8 Å². The van der Waals surface area contributed by atoms with E-state index in [4.69, 9.17) is 5.53 Å². The van der Waals surface area contributed by atoms with Gasteiger partial charge in [-0.25, -0.2) is 0 Å². The molecule has 4 nitrogen and oxygen atoms in total. The van der Waals surface area contributed by atoms with Crippen molar-refractivity contribution in [1.82, 2.24) is 0 Å². The highest BCUT2D eigenvalue weighted by molar-refractivity contribution is 5.65. The van der Waals surface area contributed by atoms with Crippen LogP contribution in [0.15, 0.2) is 47.6 Å². The molecule has 2 aromatic rings. The Labute approximate surface area is 106 Å². The molecule has 0 heterocycles. The van der Waals surface area contributed by atoms with Crippen LogP contribution in [0.25, 0.3) is 10.4 Å². The minimum atomic E-state index is 0.629. The predicted molar refractivity (Wildman–Crippen MR) is 74.4 cm³/mol. The van der Waals surface area contributed by atoms with Gasteiger partial charge in [-0.2, -0.15) is 0 Å². The molecule has 0 unspecified atom stereocenters. The number of azide groups is 1. The van der Waals surface area contributed by atoms with Crippen LogP contribution < -0.4 is 5.32 Å². The van der Waals surface area contributed by atoms with E-state index in [1.165, 1.54) is 5.56 Å². The third-order valence-electron chi connectivity index (χ3n) is 2.70. The lowest BCUT2D eigenvalue weighted by molar-refractivity contribution is 1.38. The standard InChI is InChI=1S/C14H14N4/c1-10-3-5-12(6-4-10)16-14-8-7-13(17-18-15)9-11(14)2/h3-9,16H,1-2H3. The van der Waals surface area contributed by atoms with Crippen molar-refractivity contribution in [3.8, 4) is 0 Å². The number of nitrogens with one attached hydrogen (secondary N) is 1. The van der Waals surface area contributed by atoms with E-state index in [2.05, 4.69) is 34.4 Å². The van der Waals surface area contributed by atoms with Gasteiger partial charge in [-0.1, -0.05) is 28.9 Å². The molecule has 2 aromatic carbocycles. The Hall–Kier alpha value is -2.45. The number of nitrogens with zero attached hydrogens (tertiary/aromatic N) is 3. The van der Waals surface area contributed by atoms with Gasteiger partial charge in [0, 0.05) is 22.0 Å². The van der Waals surface area contributed by atoms with Gasteiger partial charge in [-0.05, 0) is 49.2 Å². The molecule has 90 valence electrons. The molecule has 0 spiro atoms. The smallest absolute Gasteiger partial charge is 0.0414 e. The number of rotatable bonds is 3. The van der Waals surface area contributed by atoms with Gasteiger partial charge in [0.2, 0.25) is 0 Å². The van der Waals surface area contributed by atoms with Crippen molar-refractivity contribution < 1.29 is 0 Å². The van der Waals surface area contributed by atoms with E-state index in [9.17, 15) is 0 Å². The molecule has 0 saturated carbocycles. The lowest BCUT2D eigenvalue weighted by Gasteiger charge is -2.10. The van der Waals surface area contributed by atoms with Crippen molar-refractivity contribution >= 4 is 17.1 Å². The number of anilines is 2. The summed E-state index contributed by atoms with van der Waals surface area (Å²) in [6, 6.07) is 13.8. The van der Waals surface area contributed by atoms with Crippen LogP contribution in [0.5, 0.6) is 0 Å². The number of benzene rings is 2. The van der Waals surface area contributed by atoms with Gasteiger partial charge in [0.1, 0.15) is 0 Å². The minimum Gasteiger partial charge on any atom is -0.355 e. The average Bonchev–Trinajstić information content (AvgIpc) is 2.36. The summed E-state index contributed by atoms with van der Waals surface area (Å²) in [5, 5.41) is 6.91. The Kier molecular flexibility index (Phi) is 3.51. The number of hydrogen-bond acceptors (Lipinski definition) is 2. The van der Waals surface area contributed by atoms with E-state index in [-0.39, 0.29) is 0 Å². The summed E-state index contributed by atoms with van der Waals surface area (Å²) < 4.78 is 0. The fourth-order valence-electron chi connectivity index (χ4n) is 1.69. The molecular formula is C14H14N4. The van der Waals surface area contributed by atoms with Crippen LogP contribution >= 0.6 is 0 Å². The average molecular weight is 238 g/mol. The van der Waals surface area contributed by atoms with E-state index < -0.39 is 0 Å². The minimum absolute atomic E-state index is 0.629. The Morgan fingerprint density at radius 3 is 2.39 bits per heavy atom. The van der Waals surface area contributed by atoms with E-state index in [0.717, 1.165) is 16.9 Å². The third kappa shape index (κ3) is 2.81. The first kappa shape index (κ1) is 12.0. The van der Waals surface area contributed by atoms with Gasteiger partial charge in [-0.3, -0.25) is 0 Å². The molecule has 4 heteroatoms. The van der Waals surface area contributed by atoms with Gasteiger partial charge in [0.15, 0.2) is 0 Å². The predicted octanol–water partition coefficient (Wildman–Crippen LogP) is 4.99. The first-order chi connectivity index (χ1) is 8.69. The summed E-state index contributed by atoms with van der Waals surface area (Å²) >= 11 is 0. The lowest BCUT2D eigenvalue weighted by Crippen LogP contribution is -1.92. The van der Waals surface area contributed by atoms with Gasteiger partial charge in [0.05, 0.1) is 0 Å². The highest BCUT2D eigenvalue weighted by Crippen LogP contribution is 2.25. The SMILES string of the molecule is Cc1ccc(Nc2ccc(N=[N+]=[N-])cc2C)cc1. The zero-order valence-electron chi connectivity index (χ0n) is 10.4. The van der Waals surface area contributed by atoms with Gasteiger partial charge >= 0.3 is 0 Å². The Balaban J connectivity index is 2.24. The van der Waals surface area contributed by atoms with Gasteiger partial charge in [0.25, 0.3) is 0 Å². The maximum atomic E-state index is 8.38. The second-order valence-corrected chi connectivity index (χ2v) is 4.18. The summed E-state index contributed by atoms with van der Waals surface area (Å²) in [5.41, 5.74) is 13.3. The van der Waals surface area contributed by atoms with Gasteiger partial charge in [-0.15, -0.1) is 0 Å². The fraction of sp³-hybridized carbons (Fsp3) is 0.143. The molecule has 0 aromatic heterocycles. The molecule has 0 aliphatic heterocycles. The van der Waals surface area contributed by atoms with E-state index in [1.807, 2.05) is 31.2 Å². The van der Waals surface area contributed by atoms with Gasteiger partial charge < -0.3 is 5.32 Å². The largest absolute Gasteiger partial charge is 0.355 e. The molecule has 18 heavy (non-hydrogen) atoms. The van der Waals surface area contributed by atoms with Crippen molar-refractivity contribution in [3.05, 3.63) is 64.0 Å². The third-order valence-corrected chi connectivity index (χ3v) is 2.70.